The maximum atomic E-state index is 10.6. The normalized spacial score (nSPS) is 12.5. The molecule has 1 heterocycles. The van der Waals surface area contributed by atoms with Crippen molar-refractivity contribution in [2.45, 2.75) is 19.9 Å². The van der Waals surface area contributed by atoms with Gasteiger partial charge in [-0.05, 0) is 5.92 Å². The number of nitrogens with zero attached hydrogens (tertiary/aromatic N) is 2. The molecule has 1 aromatic heterocycles. The van der Waals surface area contributed by atoms with Crippen molar-refractivity contribution in [1.29, 1.82) is 0 Å². The third-order valence-electron chi connectivity index (χ3n) is 2.36. The second kappa shape index (κ2) is 6.15. The molecule has 0 aliphatic heterocycles. The monoisotopic (exact) mass is 239 g/mol. The summed E-state index contributed by atoms with van der Waals surface area (Å²) >= 11 is 0. The third-order valence-corrected chi connectivity index (χ3v) is 2.36. The number of carboxylic acids is 1. The molecule has 0 aliphatic carbocycles. The fourth-order valence-corrected chi connectivity index (χ4v) is 1.28. The minimum atomic E-state index is -1.08. The molecule has 0 radical (unpaired) electrons. The fraction of sp³-hybridized carbons (Fsp3) is 0.545. The Morgan fingerprint density at radius 2 is 2.18 bits per heavy atom. The van der Waals surface area contributed by atoms with Crippen LogP contribution in [0.2, 0.25) is 0 Å². The highest BCUT2D eigenvalue weighted by atomic mass is 16.5. The Morgan fingerprint density at radius 1 is 1.47 bits per heavy atom. The van der Waals surface area contributed by atoms with Crippen molar-refractivity contribution in [1.82, 2.24) is 9.97 Å². The van der Waals surface area contributed by atoms with E-state index in [0.717, 1.165) is 0 Å². The Labute approximate surface area is 100 Å². The van der Waals surface area contributed by atoms with Crippen LogP contribution >= 0.6 is 0 Å². The van der Waals surface area contributed by atoms with E-state index in [-0.39, 0.29) is 11.7 Å². The molecule has 94 valence electrons. The number of hydrogen-bond acceptors (Lipinski definition) is 5. The van der Waals surface area contributed by atoms with Crippen LogP contribution < -0.4 is 5.32 Å². The van der Waals surface area contributed by atoms with Gasteiger partial charge >= 0.3 is 5.97 Å². The minimum absolute atomic E-state index is 0.0663. The highest BCUT2D eigenvalue weighted by Gasteiger charge is 2.14. The quantitative estimate of drug-likeness (QED) is 0.777. The first-order valence-corrected chi connectivity index (χ1v) is 5.35. The van der Waals surface area contributed by atoms with Crippen LogP contribution in [-0.2, 0) is 4.74 Å². The summed E-state index contributed by atoms with van der Waals surface area (Å²) in [6.07, 6.45) is 2.64. The first kappa shape index (κ1) is 13.4. The van der Waals surface area contributed by atoms with Gasteiger partial charge in [0.05, 0.1) is 25.0 Å². The van der Waals surface area contributed by atoms with E-state index < -0.39 is 5.97 Å². The number of methoxy groups -OCH3 is 1. The second-order valence-corrected chi connectivity index (χ2v) is 4.04. The Hall–Kier alpha value is -1.69. The zero-order valence-corrected chi connectivity index (χ0v) is 10.2. The summed E-state index contributed by atoms with van der Waals surface area (Å²) in [5.74, 6) is -0.164. The van der Waals surface area contributed by atoms with Gasteiger partial charge < -0.3 is 15.2 Å². The summed E-state index contributed by atoms with van der Waals surface area (Å²) in [6.45, 7) is 4.69. The summed E-state index contributed by atoms with van der Waals surface area (Å²) in [7, 11) is 1.64. The molecule has 0 aliphatic rings. The number of nitrogens with one attached hydrogen (secondary N) is 1. The van der Waals surface area contributed by atoms with Gasteiger partial charge in [0.15, 0.2) is 5.69 Å². The molecule has 2 N–H and O–H groups in total. The topological polar surface area (TPSA) is 84.3 Å². The number of aromatic carboxylic acids is 1. The molecular weight excluding hydrogens is 222 g/mol. The van der Waals surface area contributed by atoms with Crippen LogP contribution in [-0.4, -0.2) is 40.8 Å². The Morgan fingerprint density at radius 3 is 2.59 bits per heavy atom. The first-order chi connectivity index (χ1) is 8.04. The van der Waals surface area contributed by atoms with Crippen molar-refractivity contribution in [3.05, 3.63) is 18.1 Å². The van der Waals surface area contributed by atoms with Crippen LogP contribution in [0.15, 0.2) is 12.4 Å². The average Bonchev–Trinajstić information content (AvgIpc) is 2.29. The van der Waals surface area contributed by atoms with Crippen LogP contribution in [0.25, 0.3) is 0 Å². The highest BCUT2D eigenvalue weighted by Crippen LogP contribution is 2.10. The number of aromatic nitrogens is 2. The van der Waals surface area contributed by atoms with E-state index in [1.807, 2.05) is 0 Å². The minimum Gasteiger partial charge on any atom is -0.476 e. The summed E-state index contributed by atoms with van der Waals surface area (Å²) in [4.78, 5) is 18.4. The van der Waals surface area contributed by atoms with Gasteiger partial charge in [-0.3, -0.25) is 0 Å². The molecule has 1 aromatic rings. The molecule has 0 fully saturated rings. The number of carboxylic acid groups (broad SMARTS) is 1. The lowest BCUT2D eigenvalue weighted by molar-refractivity contribution is 0.0690. The van der Waals surface area contributed by atoms with Gasteiger partial charge in [-0.15, -0.1) is 0 Å². The zero-order valence-electron chi connectivity index (χ0n) is 10.2. The SMILES string of the molecule is COCC(Nc1cnc(C(=O)O)cn1)C(C)C. The lowest BCUT2D eigenvalue weighted by Crippen LogP contribution is -2.30. The van der Waals surface area contributed by atoms with E-state index in [2.05, 4.69) is 29.1 Å². The van der Waals surface area contributed by atoms with E-state index in [1.165, 1.54) is 12.4 Å². The molecule has 1 unspecified atom stereocenters. The lowest BCUT2D eigenvalue weighted by atomic mass is 10.1. The van der Waals surface area contributed by atoms with Crippen LogP contribution in [0.3, 0.4) is 0 Å². The molecule has 17 heavy (non-hydrogen) atoms. The molecule has 0 aromatic carbocycles. The number of hydrogen-bond donors (Lipinski definition) is 2. The number of carbonyl (C=O) groups is 1. The van der Waals surface area contributed by atoms with Crippen molar-refractivity contribution < 1.29 is 14.6 Å². The molecular formula is C11H17N3O3. The van der Waals surface area contributed by atoms with Crippen molar-refractivity contribution in [2.24, 2.45) is 5.92 Å². The summed E-state index contributed by atoms with van der Waals surface area (Å²) in [5.41, 5.74) is -0.0663. The van der Waals surface area contributed by atoms with Crippen molar-refractivity contribution in [3.63, 3.8) is 0 Å². The van der Waals surface area contributed by atoms with Crippen molar-refractivity contribution >= 4 is 11.8 Å². The average molecular weight is 239 g/mol. The van der Waals surface area contributed by atoms with Crippen LogP contribution in [0, 0.1) is 5.92 Å². The van der Waals surface area contributed by atoms with Crippen LogP contribution in [0.4, 0.5) is 5.82 Å². The molecule has 6 heteroatoms. The summed E-state index contributed by atoms with van der Waals surface area (Å²) in [6, 6.07) is 0.116. The third kappa shape index (κ3) is 3.99. The molecule has 0 bridgehead atoms. The molecule has 0 spiro atoms. The molecule has 1 rings (SSSR count). The van der Waals surface area contributed by atoms with Crippen molar-refractivity contribution in [3.8, 4) is 0 Å². The Kier molecular flexibility index (Phi) is 4.84. The number of anilines is 1. The van der Waals surface area contributed by atoms with Gasteiger partial charge in [0.1, 0.15) is 5.82 Å². The standard InChI is InChI=1S/C11H17N3O3/c1-7(2)9(6-17-3)14-10-5-12-8(4-13-10)11(15)16/h4-5,7,9H,6H2,1-3H3,(H,13,14)(H,15,16). The summed E-state index contributed by atoms with van der Waals surface area (Å²) < 4.78 is 5.09. The zero-order chi connectivity index (χ0) is 12.8. The van der Waals surface area contributed by atoms with Crippen LogP contribution in [0.5, 0.6) is 0 Å². The predicted molar refractivity (Wildman–Crippen MR) is 63.1 cm³/mol. The van der Waals surface area contributed by atoms with Crippen molar-refractivity contribution in [2.75, 3.05) is 19.0 Å². The van der Waals surface area contributed by atoms with E-state index >= 15 is 0 Å². The van der Waals surface area contributed by atoms with E-state index in [4.69, 9.17) is 9.84 Å². The van der Waals surface area contributed by atoms with Gasteiger partial charge in [0, 0.05) is 7.11 Å². The van der Waals surface area contributed by atoms with Gasteiger partial charge in [-0.25, -0.2) is 14.8 Å². The van der Waals surface area contributed by atoms with Gasteiger partial charge in [0.2, 0.25) is 0 Å². The molecule has 0 saturated heterocycles. The lowest BCUT2D eigenvalue weighted by Gasteiger charge is -2.21. The van der Waals surface area contributed by atoms with Gasteiger partial charge in [-0.1, -0.05) is 13.8 Å². The Balaban J connectivity index is 2.69. The van der Waals surface area contributed by atoms with E-state index in [0.29, 0.717) is 18.3 Å². The highest BCUT2D eigenvalue weighted by molar-refractivity contribution is 5.84. The predicted octanol–water partition coefficient (Wildman–Crippen LogP) is 1.26. The maximum absolute atomic E-state index is 10.6. The largest absolute Gasteiger partial charge is 0.476 e. The van der Waals surface area contributed by atoms with Gasteiger partial charge in [0.25, 0.3) is 0 Å². The van der Waals surface area contributed by atoms with Gasteiger partial charge in [-0.2, -0.15) is 0 Å². The number of rotatable bonds is 6. The molecule has 0 saturated carbocycles. The van der Waals surface area contributed by atoms with Crippen LogP contribution in [0.1, 0.15) is 24.3 Å². The second-order valence-electron chi connectivity index (χ2n) is 4.04. The Bertz CT molecular complexity index is 365. The fourth-order valence-electron chi connectivity index (χ4n) is 1.28. The first-order valence-electron chi connectivity index (χ1n) is 5.35. The smallest absolute Gasteiger partial charge is 0.356 e. The number of ether oxygens (including phenoxy) is 1. The summed E-state index contributed by atoms with van der Waals surface area (Å²) in [5, 5.41) is 11.8. The molecule has 1 atom stereocenters. The van der Waals surface area contributed by atoms with E-state index in [9.17, 15) is 4.79 Å². The van der Waals surface area contributed by atoms with E-state index in [1.54, 1.807) is 7.11 Å². The molecule has 0 amide bonds. The maximum Gasteiger partial charge on any atom is 0.356 e. The molecule has 6 nitrogen and oxygen atoms in total.